The van der Waals surface area contributed by atoms with E-state index in [2.05, 4.69) is 18.7 Å². The Bertz CT molecular complexity index is 270. The lowest BCUT2D eigenvalue weighted by molar-refractivity contribution is 0.0151. The number of ether oxygens (including phenoxy) is 1. The molecular formula is C17H33NO2. The van der Waals surface area contributed by atoms with Gasteiger partial charge in [-0.1, -0.05) is 26.7 Å². The van der Waals surface area contributed by atoms with Crippen molar-refractivity contribution in [3.8, 4) is 0 Å². The van der Waals surface area contributed by atoms with Gasteiger partial charge in [-0.2, -0.15) is 0 Å². The molecule has 20 heavy (non-hydrogen) atoms. The summed E-state index contributed by atoms with van der Waals surface area (Å²) in [5.41, 5.74) is 0. The van der Waals surface area contributed by atoms with Gasteiger partial charge in [0.05, 0.1) is 12.7 Å². The molecule has 0 amide bonds. The summed E-state index contributed by atoms with van der Waals surface area (Å²) in [6.07, 6.45) is 8.46. The molecule has 3 heteroatoms. The van der Waals surface area contributed by atoms with Gasteiger partial charge in [-0.15, -0.1) is 0 Å². The number of likely N-dealkylation sites (tertiary alicyclic amines) is 1. The van der Waals surface area contributed by atoms with Gasteiger partial charge in [-0.3, -0.25) is 4.90 Å². The van der Waals surface area contributed by atoms with E-state index < -0.39 is 0 Å². The second-order valence-corrected chi connectivity index (χ2v) is 7.06. The second kappa shape index (κ2) is 8.35. The summed E-state index contributed by atoms with van der Waals surface area (Å²) in [7, 11) is 0. The number of hydrogen-bond acceptors (Lipinski definition) is 3. The number of rotatable bonds is 7. The average Bonchev–Trinajstić information content (AvgIpc) is 2.85. The number of hydrogen-bond donors (Lipinski definition) is 1. The minimum absolute atomic E-state index is 0.0533. The third-order valence-electron chi connectivity index (χ3n) is 5.05. The van der Waals surface area contributed by atoms with Crippen LogP contribution in [0.15, 0.2) is 0 Å². The Labute approximate surface area is 124 Å². The Kier molecular flexibility index (Phi) is 6.79. The highest BCUT2D eigenvalue weighted by Crippen LogP contribution is 2.34. The molecule has 0 bridgehead atoms. The van der Waals surface area contributed by atoms with Crippen LogP contribution in [-0.4, -0.2) is 48.5 Å². The van der Waals surface area contributed by atoms with Gasteiger partial charge in [0.25, 0.3) is 0 Å². The third-order valence-corrected chi connectivity index (χ3v) is 5.05. The van der Waals surface area contributed by atoms with Gasteiger partial charge in [0.2, 0.25) is 0 Å². The van der Waals surface area contributed by atoms with E-state index in [0.717, 1.165) is 38.5 Å². The van der Waals surface area contributed by atoms with Crippen molar-refractivity contribution < 1.29 is 9.84 Å². The monoisotopic (exact) mass is 283 g/mol. The van der Waals surface area contributed by atoms with Crippen LogP contribution in [0.4, 0.5) is 0 Å². The highest BCUT2D eigenvalue weighted by molar-refractivity contribution is 4.90. The van der Waals surface area contributed by atoms with Crippen LogP contribution in [0.3, 0.4) is 0 Å². The topological polar surface area (TPSA) is 32.7 Å². The third kappa shape index (κ3) is 4.71. The molecule has 2 rings (SSSR count). The van der Waals surface area contributed by atoms with Crippen molar-refractivity contribution in [2.24, 2.45) is 11.8 Å². The van der Waals surface area contributed by atoms with Crippen LogP contribution in [0.5, 0.6) is 0 Å². The van der Waals surface area contributed by atoms with Crippen LogP contribution >= 0.6 is 0 Å². The lowest BCUT2D eigenvalue weighted by Crippen LogP contribution is -2.47. The molecule has 118 valence electrons. The predicted molar refractivity (Wildman–Crippen MR) is 82.8 cm³/mol. The van der Waals surface area contributed by atoms with Crippen molar-refractivity contribution in [2.75, 3.05) is 26.3 Å². The van der Waals surface area contributed by atoms with Crippen molar-refractivity contribution in [1.29, 1.82) is 0 Å². The SMILES string of the molecule is CC(C)CCOCCN1CCCCC1C1CCCC1O. The number of aliphatic hydroxyl groups excluding tert-OH is 1. The number of nitrogens with zero attached hydrogens (tertiary/aromatic N) is 1. The lowest BCUT2D eigenvalue weighted by Gasteiger charge is -2.40. The van der Waals surface area contributed by atoms with Gasteiger partial charge in [-0.25, -0.2) is 0 Å². The standard InChI is InChI=1S/C17H33NO2/c1-14(2)9-12-20-13-11-18-10-4-3-7-16(18)15-6-5-8-17(15)19/h14-17,19H,3-13H2,1-2H3. The van der Waals surface area contributed by atoms with Crippen molar-refractivity contribution in [3.63, 3.8) is 0 Å². The van der Waals surface area contributed by atoms with Gasteiger partial charge in [0, 0.05) is 25.1 Å². The fourth-order valence-electron chi connectivity index (χ4n) is 3.80. The Morgan fingerprint density at radius 1 is 1.10 bits per heavy atom. The molecule has 3 nitrogen and oxygen atoms in total. The first-order valence-corrected chi connectivity index (χ1v) is 8.68. The first-order valence-electron chi connectivity index (χ1n) is 8.68. The molecule has 0 aromatic heterocycles. The van der Waals surface area contributed by atoms with E-state index in [0.29, 0.717) is 12.0 Å². The van der Waals surface area contributed by atoms with Crippen LogP contribution in [-0.2, 0) is 4.74 Å². The highest BCUT2D eigenvalue weighted by Gasteiger charge is 2.36. The van der Waals surface area contributed by atoms with Crippen molar-refractivity contribution >= 4 is 0 Å². The fraction of sp³-hybridized carbons (Fsp3) is 1.00. The number of piperidine rings is 1. The van der Waals surface area contributed by atoms with Crippen LogP contribution in [0.1, 0.15) is 58.8 Å². The van der Waals surface area contributed by atoms with Crippen LogP contribution in [0.25, 0.3) is 0 Å². The minimum Gasteiger partial charge on any atom is -0.393 e. The molecule has 1 saturated heterocycles. The Hall–Kier alpha value is -0.120. The first kappa shape index (κ1) is 16.3. The quantitative estimate of drug-likeness (QED) is 0.729. The van der Waals surface area contributed by atoms with Crippen molar-refractivity contribution in [1.82, 2.24) is 4.90 Å². The molecule has 1 saturated carbocycles. The Morgan fingerprint density at radius 3 is 2.65 bits per heavy atom. The summed E-state index contributed by atoms with van der Waals surface area (Å²) < 4.78 is 5.78. The first-order chi connectivity index (χ1) is 9.68. The zero-order chi connectivity index (χ0) is 14.4. The fourth-order valence-corrected chi connectivity index (χ4v) is 3.80. The molecule has 1 N–H and O–H groups in total. The van der Waals surface area contributed by atoms with Crippen LogP contribution in [0, 0.1) is 11.8 Å². The molecule has 3 atom stereocenters. The zero-order valence-electron chi connectivity index (χ0n) is 13.4. The molecule has 0 aromatic rings. The van der Waals surface area contributed by atoms with Gasteiger partial charge in [0.1, 0.15) is 0 Å². The van der Waals surface area contributed by atoms with E-state index >= 15 is 0 Å². The molecule has 1 heterocycles. The van der Waals surface area contributed by atoms with E-state index in [9.17, 15) is 5.11 Å². The van der Waals surface area contributed by atoms with E-state index in [1.807, 2.05) is 0 Å². The Morgan fingerprint density at radius 2 is 1.95 bits per heavy atom. The van der Waals surface area contributed by atoms with E-state index in [1.54, 1.807) is 0 Å². The van der Waals surface area contributed by atoms with Crippen LogP contribution in [0.2, 0.25) is 0 Å². The highest BCUT2D eigenvalue weighted by atomic mass is 16.5. The number of aliphatic hydroxyl groups is 1. The van der Waals surface area contributed by atoms with E-state index in [4.69, 9.17) is 4.74 Å². The predicted octanol–water partition coefficient (Wildman–Crippen LogP) is 3.06. The van der Waals surface area contributed by atoms with Gasteiger partial charge in [-0.05, 0) is 44.6 Å². The normalized spacial score (nSPS) is 32.1. The van der Waals surface area contributed by atoms with E-state index in [-0.39, 0.29) is 6.10 Å². The summed E-state index contributed by atoms with van der Waals surface area (Å²) in [5, 5.41) is 10.2. The molecule has 0 spiro atoms. The smallest absolute Gasteiger partial charge is 0.0593 e. The maximum Gasteiger partial charge on any atom is 0.0593 e. The summed E-state index contributed by atoms with van der Waals surface area (Å²) in [6.45, 7) is 8.47. The molecule has 2 aliphatic rings. The van der Waals surface area contributed by atoms with Gasteiger partial charge >= 0.3 is 0 Å². The molecular weight excluding hydrogens is 250 g/mol. The second-order valence-electron chi connectivity index (χ2n) is 7.06. The summed E-state index contributed by atoms with van der Waals surface area (Å²) in [6, 6.07) is 0.606. The average molecular weight is 283 g/mol. The van der Waals surface area contributed by atoms with Gasteiger partial charge in [0.15, 0.2) is 0 Å². The molecule has 3 unspecified atom stereocenters. The van der Waals surface area contributed by atoms with Crippen molar-refractivity contribution in [3.05, 3.63) is 0 Å². The zero-order valence-corrected chi connectivity index (χ0v) is 13.4. The Balaban J connectivity index is 1.72. The van der Waals surface area contributed by atoms with Crippen molar-refractivity contribution in [2.45, 2.75) is 70.9 Å². The molecule has 1 aliphatic heterocycles. The maximum atomic E-state index is 10.2. The van der Waals surface area contributed by atoms with Crippen LogP contribution < -0.4 is 0 Å². The summed E-state index contributed by atoms with van der Waals surface area (Å²) >= 11 is 0. The maximum absolute atomic E-state index is 10.2. The molecule has 0 radical (unpaired) electrons. The lowest BCUT2D eigenvalue weighted by atomic mass is 9.88. The summed E-state index contributed by atoms with van der Waals surface area (Å²) in [5.74, 6) is 1.25. The molecule has 0 aromatic carbocycles. The molecule has 2 fully saturated rings. The largest absolute Gasteiger partial charge is 0.393 e. The summed E-state index contributed by atoms with van der Waals surface area (Å²) in [4.78, 5) is 2.60. The molecule has 1 aliphatic carbocycles. The minimum atomic E-state index is -0.0533. The van der Waals surface area contributed by atoms with Gasteiger partial charge < -0.3 is 9.84 Å². The van der Waals surface area contributed by atoms with E-state index in [1.165, 1.54) is 38.6 Å².